The number of fused-ring (bicyclic) bond motifs is 1. The van der Waals surface area contributed by atoms with E-state index in [4.69, 9.17) is 9.52 Å². The maximum absolute atomic E-state index is 11.1. The molecule has 0 radical (unpaired) electrons. The average molecular weight is 239 g/mol. The summed E-state index contributed by atoms with van der Waals surface area (Å²) in [7, 11) is 0. The number of aromatic carboxylic acids is 1. The second-order valence-electron chi connectivity index (χ2n) is 3.86. The molecule has 0 spiro atoms. The molecule has 1 aromatic heterocycles. The zero-order chi connectivity index (χ0) is 12.5. The summed E-state index contributed by atoms with van der Waals surface area (Å²) in [6.45, 7) is 0. The number of carbonyl (C=O) groups is 1. The van der Waals surface area contributed by atoms with Crippen molar-refractivity contribution in [2.24, 2.45) is 0 Å². The van der Waals surface area contributed by atoms with Gasteiger partial charge >= 0.3 is 5.97 Å². The Kier molecular flexibility index (Phi) is 2.34. The van der Waals surface area contributed by atoms with Crippen LogP contribution in [0.1, 0.15) is 10.5 Å². The minimum absolute atomic E-state index is 0.0636. The van der Waals surface area contributed by atoms with E-state index < -0.39 is 5.97 Å². The number of carboxylic acids is 1. The summed E-state index contributed by atoms with van der Waals surface area (Å²) in [5, 5.41) is 11.0. The van der Waals surface area contributed by atoms with Crippen molar-refractivity contribution in [2.45, 2.75) is 0 Å². The van der Waals surface area contributed by atoms with Crippen LogP contribution in [0, 0.1) is 0 Å². The van der Waals surface area contributed by atoms with Crippen molar-refractivity contribution in [2.75, 3.05) is 0 Å². The molecule has 88 valence electrons. The summed E-state index contributed by atoms with van der Waals surface area (Å²) in [6, 6.07) is 13.4. The van der Waals surface area contributed by atoms with E-state index in [0.717, 1.165) is 22.7 Å². The summed E-state index contributed by atoms with van der Waals surface area (Å²) in [4.78, 5) is 14.8. The van der Waals surface area contributed by atoms with Crippen LogP contribution in [0.2, 0.25) is 0 Å². The lowest BCUT2D eigenvalue weighted by Gasteiger charge is -2.03. The zero-order valence-corrected chi connectivity index (χ0v) is 9.33. The first-order valence-corrected chi connectivity index (χ1v) is 5.42. The fourth-order valence-corrected chi connectivity index (χ4v) is 2.01. The zero-order valence-electron chi connectivity index (χ0n) is 9.33. The molecule has 3 aromatic rings. The van der Waals surface area contributed by atoms with Crippen molar-refractivity contribution < 1.29 is 14.3 Å². The summed E-state index contributed by atoms with van der Waals surface area (Å²) < 4.78 is 5.23. The number of rotatable bonds is 2. The van der Waals surface area contributed by atoms with Crippen LogP contribution in [0.3, 0.4) is 0 Å². The Morgan fingerprint density at radius 3 is 2.72 bits per heavy atom. The monoisotopic (exact) mass is 239 g/mol. The van der Waals surface area contributed by atoms with E-state index in [1.165, 1.54) is 0 Å². The molecule has 0 bridgehead atoms. The lowest BCUT2D eigenvalue weighted by atomic mass is 10.0. The second kappa shape index (κ2) is 4.00. The normalized spacial score (nSPS) is 10.7. The van der Waals surface area contributed by atoms with E-state index >= 15 is 0 Å². The van der Waals surface area contributed by atoms with Gasteiger partial charge in [0.15, 0.2) is 17.8 Å². The van der Waals surface area contributed by atoms with E-state index in [9.17, 15) is 4.79 Å². The Morgan fingerprint density at radius 1 is 1.11 bits per heavy atom. The van der Waals surface area contributed by atoms with Crippen molar-refractivity contribution in [1.82, 2.24) is 4.98 Å². The SMILES string of the molecule is O=C(O)c1ncoc1-c1cccc2ccccc12. The number of carboxylic acid groups (broad SMARTS) is 1. The third kappa shape index (κ3) is 1.55. The number of nitrogens with zero attached hydrogens (tertiary/aromatic N) is 1. The van der Waals surface area contributed by atoms with Gasteiger partial charge in [0.1, 0.15) is 0 Å². The third-order valence-corrected chi connectivity index (χ3v) is 2.80. The first-order valence-electron chi connectivity index (χ1n) is 5.42. The number of hydrogen-bond acceptors (Lipinski definition) is 3. The average Bonchev–Trinajstić information content (AvgIpc) is 2.87. The molecule has 18 heavy (non-hydrogen) atoms. The van der Waals surface area contributed by atoms with E-state index in [1.54, 1.807) is 0 Å². The fraction of sp³-hybridized carbons (Fsp3) is 0. The van der Waals surface area contributed by atoms with Gasteiger partial charge in [-0.1, -0.05) is 42.5 Å². The van der Waals surface area contributed by atoms with Crippen LogP contribution in [0.25, 0.3) is 22.1 Å². The summed E-state index contributed by atoms with van der Waals surface area (Å²) in [5.41, 5.74) is 0.675. The molecule has 0 aliphatic heterocycles. The molecule has 4 heteroatoms. The van der Waals surface area contributed by atoms with E-state index in [1.807, 2.05) is 42.5 Å². The minimum Gasteiger partial charge on any atom is -0.476 e. The lowest BCUT2D eigenvalue weighted by molar-refractivity contribution is 0.0691. The topological polar surface area (TPSA) is 63.3 Å². The molecule has 4 nitrogen and oxygen atoms in total. The van der Waals surface area contributed by atoms with Gasteiger partial charge in [0.05, 0.1) is 0 Å². The third-order valence-electron chi connectivity index (χ3n) is 2.80. The Morgan fingerprint density at radius 2 is 1.89 bits per heavy atom. The molecule has 1 heterocycles. The molecular formula is C14H9NO3. The van der Waals surface area contributed by atoms with Gasteiger partial charge in [-0.05, 0) is 10.8 Å². The first kappa shape index (κ1) is 10.5. The number of oxazole rings is 1. The molecule has 0 unspecified atom stereocenters. The largest absolute Gasteiger partial charge is 0.476 e. The number of benzene rings is 2. The van der Waals surface area contributed by atoms with Crippen molar-refractivity contribution in [3.05, 3.63) is 54.6 Å². The van der Waals surface area contributed by atoms with Crippen LogP contribution in [0.15, 0.2) is 53.3 Å². The highest BCUT2D eigenvalue weighted by atomic mass is 16.4. The van der Waals surface area contributed by atoms with Gasteiger partial charge in [-0.3, -0.25) is 0 Å². The van der Waals surface area contributed by atoms with Crippen LogP contribution in [-0.4, -0.2) is 16.1 Å². The standard InChI is InChI=1S/C14H9NO3/c16-14(17)12-13(18-8-15-12)11-7-3-5-9-4-1-2-6-10(9)11/h1-8H,(H,16,17). The first-order chi connectivity index (χ1) is 8.77. The predicted octanol–water partition coefficient (Wildman–Crippen LogP) is 3.19. The quantitative estimate of drug-likeness (QED) is 0.745. The summed E-state index contributed by atoms with van der Waals surface area (Å²) in [6.07, 6.45) is 1.15. The highest BCUT2D eigenvalue weighted by Gasteiger charge is 2.18. The maximum atomic E-state index is 11.1. The van der Waals surface area contributed by atoms with Crippen LogP contribution < -0.4 is 0 Å². The van der Waals surface area contributed by atoms with Crippen molar-refractivity contribution in [3.8, 4) is 11.3 Å². The van der Waals surface area contributed by atoms with Crippen LogP contribution in [0.5, 0.6) is 0 Å². The molecule has 0 aliphatic carbocycles. The van der Waals surface area contributed by atoms with Gasteiger partial charge in [0.2, 0.25) is 0 Å². The van der Waals surface area contributed by atoms with Gasteiger partial charge in [-0.15, -0.1) is 0 Å². The second-order valence-corrected chi connectivity index (χ2v) is 3.86. The van der Waals surface area contributed by atoms with Crippen LogP contribution in [-0.2, 0) is 0 Å². The van der Waals surface area contributed by atoms with Crippen molar-refractivity contribution in [1.29, 1.82) is 0 Å². The molecule has 0 fully saturated rings. The van der Waals surface area contributed by atoms with Gasteiger partial charge in [0.25, 0.3) is 0 Å². The predicted molar refractivity (Wildman–Crippen MR) is 66.4 cm³/mol. The van der Waals surface area contributed by atoms with Gasteiger partial charge in [-0.25, -0.2) is 9.78 Å². The van der Waals surface area contributed by atoms with Gasteiger partial charge < -0.3 is 9.52 Å². The molecule has 1 N–H and O–H groups in total. The highest BCUT2D eigenvalue weighted by molar-refractivity contribution is 6.00. The Bertz CT molecular complexity index is 725. The molecule has 0 amide bonds. The molecule has 0 atom stereocenters. The highest BCUT2D eigenvalue weighted by Crippen LogP contribution is 2.30. The molecule has 2 aromatic carbocycles. The number of hydrogen-bond donors (Lipinski definition) is 1. The Balaban J connectivity index is 2.32. The summed E-state index contributed by atoms with van der Waals surface area (Å²) >= 11 is 0. The molecule has 0 saturated carbocycles. The van der Waals surface area contributed by atoms with Gasteiger partial charge in [-0.2, -0.15) is 0 Å². The molecular weight excluding hydrogens is 230 g/mol. The van der Waals surface area contributed by atoms with Gasteiger partial charge in [0, 0.05) is 5.56 Å². The minimum atomic E-state index is -1.09. The smallest absolute Gasteiger partial charge is 0.358 e. The fourth-order valence-electron chi connectivity index (χ4n) is 2.01. The van der Waals surface area contributed by atoms with Crippen molar-refractivity contribution in [3.63, 3.8) is 0 Å². The van der Waals surface area contributed by atoms with Crippen LogP contribution in [0.4, 0.5) is 0 Å². The molecule has 0 saturated heterocycles. The summed E-state index contributed by atoms with van der Waals surface area (Å²) in [5.74, 6) is -0.800. The Hall–Kier alpha value is -2.62. The molecule has 0 aliphatic rings. The van der Waals surface area contributed by atoms with E-state index in [2.05, 4.69) is 4.98 Å². The Labute approximate surface area is 103 Å². The molecule has 3 rings (SSSR count). The van der Waals surface area contributed by atoms with E-state index in [0.29, 0.717) is 5.76 Å². The lowest BCUT2D eigenvalue weighted by Crippen LogP contribution is -1.98. The van der Waals surface area contributed by atoms with E-state index in [-0.39, 0.29) is 5.69 Å². The maximum Gasteiger partial charge on any atom is 0.358 e. The van der Waals surface area contributed by atoms with Crippen LogP contribution >= 0.6 is 0 Å². The number of aromatic nitrogens is 1. The van der Waals surface area contributed by atoms with Crippen molar-refractivity contribution >= 4 is 16.7 Å².